The summed E-state index contributed by atoms with van der Waals surface area (Å²) in [7, 11) is 0. The summed E-state index contributed by atoms with van der Waals surface area (Å²) in [4.78, 5) is 12.0. The Hall–Kier alpha value is -1.73. The number of ether oxygens (including phenoxy) is 1. The molecular formula is C11H13N3O3S. The second-order valence-electron chi connectivity index (χ2n) is 3.52. The number of rotatable bonds is 7. The first-order valence-electron chi connectivity index (χ1n) is 5.52. The summed E-state index contributed by atoms with van der Waals surface area (Å²) in [6, 6.07) is 3.68. The van der Waals surface area contributed by atoms with E-state index in [1.54, 1.807) is 6.26 Å². The fourth-order valence-corrected chi connectivity index (χ4v) is 1.73. The number of carbonyl (C=O) groups is 1. The van der Waals surface area contributed by atoms with Crippen molar-refractivity contribution in [1.29, 1.82) is 0 Å². The Morgan fingerprint density at radius 3 is 3.22 bits per heavy atom. The molecule has 96 valence electrons. The van der Waals surface area contributed by atoms with Crippen LogP contribution in [0.1, 0.15) is 21.9 Å². The Kier molecular flexibility index (Phi) is 4.86. The van der Waals surface area contributed by atoms with Crippen LogP contribution in [0.3, 0.4) is 0 Å². The standard InChI is InChI=1S/C11H13N3O3S/c15-11(10-7-13-14-18-10)12-4-2-5-16-8-9-3-1-6-17-9/h1,3,6-7H,2,4-5,8H2,(H,12,15). The minimum atomic E-state index is -0.143. The molecule has 0 aliphatic rings. The van der Waals surface area contributed by atoms with Crippen molar-refractivity contribution in [3.63, 3.8) is 0 Å². The van der Waals surface area contributed by atoms with Gasteiger partial charge in [0.2, 0.25) is 0 Å². The second kappa shape index (κ2) is 6.87. The summed E-state index contributed by atoms with van der Waals surface area (Å²) in [5.74, 6) is 0.658. The molecule has 1 N–H and O–H groups in total. The van der Waals surface area contributed by atoms with Crippen molar-refractivity contribution in [3.05, 3.63) is 35.2 Å². The molecule has 0 aliphatic heterocycles. The lowest BCUT2D eigenvalue weighted by Crippen LogP contribution is -2.24. The molecule has 0 bridgehead atoms. The normalized spacial score (nSPS) is 10.4. The first-order chi connectivity index (χ1) is 8.86. The van der Waals surface area contributed by atoms with Crippen molar-refractivity contribution < 1.29 is 13.9 Å². The highest BCUT2D eigenvalue weighted by Crippen LogP contribution is 2.02. The molecule has 6 nitrogen and oxygen atoms in total. The van der Waals surface area contributed by atoms with Crippen molar-refractivity contribution in [1.82, 2.24) is 14.9 Å². The van der Waals surface area contributed by atoms with Crippen LogP contribution in [0.15, 0.2) is 29.0 Å². The van der Waals surface area contributed by atoms with Gasteiger partial charge in [-0.05, 0) is 30.1 Å². The van der Waals surface area contributed by atoms with E-state index in [1.807, 2.05) is 12.1 Å². The summed E-state index contributed by atoms with van der Waals surface area (Å²) in [5, 5.41) is 6.37. The lowest BCUT2D eigenvalue weighted by Gasteiger charge is -2.03. The fourth-order valence-electron chi connectivity index (χ4n) is 1.30. The van der Waals surface area contributed by atoms with E-state index in [1.165, 1.54) is 6.20 Å². The van der Waals surface area contributed by atoms with Gasteiger partial charge in [0, 0.05) is 13.2 Å². The van der Waals surface area contributed by atoms with Gasteiger partial charge in [0.25, 0.3) is 5.91 Å². The van der Waals surface area contributed by atoms with Gasteiger partial charge in [0.15, 0.2) is 0 Å². The molecule has 2 heterocycles. The van der Waals surface area contributed by atoms with E-state index in [2.05, 4.69) is 14.9 Å². The van der Waals surface area contributed by atoms with Crippen LogP contribution >= 0.6 is 11.5 Å². The Labute approximate surface area is 108 Å². The molecule has 2 aromatic heterocycles. The Morgan fingerprint density at radius 2 is 2.50 bits per heavy atom. The quantitative estimate of drug-likeness (QED) is 0.769. The number of nitrogens with one attached hydrogen (secondary N) is 1. The molecule has 0 saturated carbocycles. The van der Waals surface area contributed by atoms with Crippen LogP contribution in [0.25, 0.3) is 0 Å². The van der Waals surface area contributed by atoms with E-state index in [0.717, 1.165) is 23.7 Å². The van der Waals surface area contributed by atoms with Crippen LogP contribution in [0.5, 0.6) is 0 Å². The summed E-state index contributed by atoms with van der Waals surface area (Å²) in [5.41, 5.74) is 0. The lowest BCUT2D eigenvalue weighted by molar-refractivity contribution is 0.0920. The van der Waals surface area contributed by atoms with Crippen LogP contribution in [-0.4, -0.2) is 28.6 Å². The molecule has 2 aromatic rings. The summed E-state index contributed by atoms with van der Waals surface area (Å²) >= 11 is 1.08. The fraction of sp³-hybridized carbons (Fsp3) is 0.364. The molecule has 0 saturated heterocycles. The minimum Gasteiger partial charge on any atom is -0.467 e. The zero-order valence-corrected chi connectivity index (χ0v) is 10.5. The van der Waals surface area contributed by atoms with Crippen LogP contribution < -0.4 is 5.32 Å². The van der Waals surface area contributed by atoms with Crippen LogP contribution in [0.2, 0.25) is 0 Å². The number of amides is 1. The van der Waals surface area contributed by atoms with Gasteiger partial charge in [-0.15, -0.1) is 5.10 Å². The molecule has 0 unspecified atom stereocenters. The van der Waals surface area contributed by atoms with Crippen molar-refractivity contribution in [2.45, 2.75) is 13.0 Å². The highest BCUT2D eigenvalue weighted by Gasteiger charge is 2.06. The smallest absolute Gasteiger partial charge is 0.264 e. The molecule has 1 amide bonds. The van der Waals surface area contributed by atoms with E-state index in [9.17, 15) is 4.79 Å². The third-order valence-corrected chi connectivity index (χ3v) is 2.82. The number of nitrogens with zero attached hydrogens (tertiary/aromatic N) is 2. The number of aromatic nitrogens is 2. The predicted molar refractivity (Wildman–Crippen MR) is 65.2 cm³/mol. The SMILES string of the molecule is O=C(NCCCOCc1ccco1)c1cnns1. The topological polar surface area (TPSA) is 77.2 Å². The predicted octanol–water partition coefficient (Wildman–Crippen LogP) is 1.47. The lowest BCUT2D eigenvalue weighted by atomic mass is 10.4. The first kappa shape index (κ1) is 12.7. The van der Waals surface area contributed by atoms with Crippen LogP contribution in [0, 0.1) is 0 Å². The highest BCUT2D eigenvalue weighted by atomic mass is 32.1. The Balaban J connectivity index is 1.52. The summed E-state index contributed by atoms with van der Waals surface area (Å²) < 4.78 is 14.1. The maximum Gasteiger partial charge on any atom is 0.264 e. The van der Waals surface area contributed by atoms with Gasteiger partial charge in [-0.3, -0.25) is 4.79 Å². The maximum atomic E-state index is 11.5. The third-order valence-electron chi connectivity index (χ3n) is 2.16. The molecule has 0 spiro atoms. The number of hydrogen-bond donors (Lipinski definition) is 1. The van der Waals surface area contributed by atoms with Crippen molar-refractivity contribution in [2.24, 2.45) is 0 Å². The Bertz CT molecular complexity index is 456. The number of carbonyl (C=O) groups excluding carboxylic acids is 1. The second-order valence-corrected chi connectivity index (χ2v) is 4.31. The monoisotopic (exact) mass is 267 g/mol. The van der Waals surface area contributed by atoms with Crippen LogP contribution in [0.4, 0.5) is 0 Å². The molecule has 0 atom stereocenters. The molecular weight excluding hydrogens is 254 g/mol. The van der Waals surface area contributed by atoms with Crippen molar-refractivity contribution >= 4 is 17.4 Å². The zero-order valence-electron chi connectivity index (χ0n) is 9.67. The molecule has 7 heteroatoms. The van der Waals surface area contributed by atoms with Gasteiger partial charge in [-0.2, -0.15) is 0 Å². The first-order valence-corrected chi connectivity index (χ1v) is 6.29. The average Bonchev–Trinajstić information content (AvgIpc) is 3.05. The van der Waals surface area contributed by atoms with Crippen molar-refractivity contribution in [3.8, 4) is 0 Å². The maximum absolute atomic E-state index is 11.5. The van der Waals surface area contributed by atoms with Gasteiger partial charge < -0.3 is 14.5 Å². The third kappa shape index (κ3) is 3.94. The summed E-state index contributed by atoms with van der Waals surface area (Å²) in [6.07, 6.45) is 3.81. The molecule has 0 aliphatic carbocycles. The van der Waals surface area contributed by atoms with Gasteiger partial charge in [-0.25, -0.2) is 0 Å². The molecule has 18 heavy (non-hydrogen) atoms. The van der Waals surface area contributed by atoms with E-state index in [-0.39, 0.29) is 5.91 Å². The van der Waals surface area contributed by atoms with E-state index in [4.69, 9.17) is 9.15 Å². The molecule has 0 aromatic carbocycles. The van der Waals surface area contributed by atoms with E-state index < -0.39 is 0 Å². The van der Waals surface area contributed by atoms with E-state index >= 15 is 0 Å². The largest absolute Gasteiger partial charge is 0.467 e. The van der Waals surface area contributed by atoms with E-state index in [0.29, 0.717) is 24.6 Å². The zero-order chi connectivity index (χ0) is 12.6. The van der Waals surface area contributed by atoms with Gasteiger partial charge >= 0.3 is 0 Å². The Morgan fingerprint density at radius 1 is 1.56 bits per heavy atom. The van der Waals surface area contributed by atoms with Gasteiger partial charge in [-0.1, -0.05) is 4.49 Å². The number of hydrogen-bond acceptors (Lipinski definition) is 6. The summed E-state index contributed by atoms with van der Waals surface area (Å²) in [6.45, 7) is 1.59. The van der Waals surface area contributed by atoms with Crippen molar-refractivity contribution in [2.75, 3.05) is 13.2 Å². The van der Waals surface area contributed by atoms with Gasteiger partial charge in [0.05, 0.1) is 12.5 Å². The van der Waals surface area contributed by atoms with Gasteiger partial charge in [0.1, 0.15) is 17.2 Å². The number of furan rings is 1. The van der Waals surface area contributed by atoms with Crippen LogP contribution in [-0.2, 0) is 11.3 Å². The molecule has 0 radical (unpaired) electrons. The molecule has 2 rings (SSSR count). The minimum absolute atomic E-state index is 0.143. The average molecular weight is 267 g/mol. The highest BCUT2D eigenvalue weighted by molar-refractivity contribution is 7.07. The molecule has 0 fully saturated rings.